The van der Waals surface area contributed by atoms with Gasteiger partial charge >= 0.3 is 0 Å². The molecular formula is C7H16N2O. The van der Waals surface area contributed by atoms with E-state index < -0.39 is 0 Å². The fraction of sp³-hybridized carbons (Fsp3) is 0.857. The van der Waals surface area contributed by atoms with Gasteiger partial charge in [-0.2, -0.15) is 0 Å². The second-order valence-corrected chi connectivity index (χ2v) is 2.75. The van der Waals surface area contributed by atoms with Gasteiger partial charge in [0.15, 0.2) is 0 Å². The van der Waals surface area contributed by atoms with Crippen LogP contribution in [0.15, 0.2) is 0 Å². The average molecular weight is 144 g/mol. The van der Waals surface area contributed by atoms with Crippen LogP contribution in [0, 0.1) is 0 Å². The van der Waals surface area contributed by atoms with Gasteiger partial charge in [0.2, 0.25) is 5.91 Å². The summed E-state index contributed by atoms with van der Waals surface area (Å²) in [7, 11) is 3.79. The molecule has 0 unspecified atom stereocenters. The second-order valence-electron chi connectivity index (χ2n) is 2.75. The zero-order valence-corrected chi connectivity index (χ0v) is 6.55. The maximum absolute atomic E-state index is 11.0. The number of carbonyl (C=O) groups excluding carboxylic acids is 1. The summed E-state index contributed by atoms with van der Waals surface area (Å²) in [6.45, 7) is 0.919. The van der Waals surface area contributed by atoms with Crippen molar-refractivity contribution in [2.75, 3.05) is 20.6 Å². The molecule has 10 heavy (non-hydrogen) atoms. The minimum absolute atomic E-state index is 0. The molecule has 0 aliphatic carbocycles. The molecule has 3 heteroatoms. The Labute approximate surface area is 62.9 Å². The highest BCUT2D eigenvalue weighted by Crippen LogP contribution is 2.14. The van der Waals surface area contributed by atoms with Crippen LogP contribution < -0.4 is 5.32 Å². The van der Waals surface area contributed by atoms with Crippen LogP contribution in [0.3, 0.4) is 0 Å². The van der Waals surface area contributed by atoms with E-state index >= 15 is 0 Å². The van der Waals surface area contributed by atoms with E-state index in [0.29, 0.717) is 6.04 Å². The van der Waals surface area contributed by atoms with Crippen molar-refractivity contribution in [1.29, 1.82) is 0 Å². The molecule has 0 aromatic heterocycles. The number of likely N-dealkylation sites (tertiary alicyclic amines) is 1. The third kappa shape index (κ3) is 1.29. The van der Waals surface area contributed by atoms with E-state index in [1.807, 2.05) is 19.0 Å². The summed E-state index contributed by atoms with van der Waals surface area (Å²) < 4.78 is 0. The molecule has 1 rings (SSSR count). The third-order valence-electron chi connectivity index (χ3n) is 2.07. The lowest BCUT2D eigenvalue weighted by atomic mass is 10.2. The lowest BCUT2D eigenvalue weighted by Crippen LogP contribution is -2.35. The Kier molecular flexibility index (Phi) is 2.27. The largest absolute Gasteiger partial charge is 0.341 e. The molecule has 60 valence electrons. The Morgan fingerprint density at radius 1 is 1.90 bits per heavy atom. The van der Waals surface area contributed by atoms with Crippen molar-refractivity contribution in [1.82, 2.24) is 10.2 Å². The molecule has 0 aromatic carbocycles. The minimum atomic E-state index is 0. The SMILES string of the molecule is CNC[C@H]1CCC(=O)N1C.[HH]. The van der Waals surface area contributed by atoms with Gasteiger partial charge in [0.25, 0.3) is 0 Å². The minimum Gasteiger partial charge on any atom is -0.341 e. The van der Waals surface area contributed by atoms with E-state index in [1.54, 1.807) is 0 Å². The van der Waals surface area contributed by atoms with E-state index in [2.05, 4.69) is 5.32 Å². The normalized spacial score (nSPS) is 26.0. The van der Waals surface area contributed by atoms with E-state index in [1.165, 1.54) is 0 Å². The van der Waals surface area contributed by atoms with E-state index in [4.69, 9.17) is 0 Å². The molecular weight excluding hydrogens is 128 g/mol. The highest BCUT2D eigenvalue weighted by molar-refractivity contribution is 5.78. The molecule has 1 amide bonds. The summed E-state index contributed by atoms with van der Waals surface area (Å²) in [5.41, 5.74) is 0. The number of hydrogen-bond acceptors (Lipinski definition) is 2. The monoisotopic (exact) mass is 144 g/mol. The van der Waals surface area contributed by atoms with Crippen molar-refractivity contribution in [2.24, 2.45) is 0 Å². The number of nitrogens with one attached hydrogen (secondary N) is 1. The first-order chi connectivity index (χ1) is 4.75. The van der Waals surface area contributed by atoms with Gasteiger partial charge in [-0.25, -0.2) is 0 Å². The number of carbonyl (C=O) groups is 1. The first-order valence-electron chi connectivity index (χ1n) is 3.66. The predicted octanol–water partition coefficient (Wildman–Crippen LogP) is 0.0726. The van der Waals surface area contributed by atoms with Crippen molar-refractivity contribution in [3.63, 3.8) is 0 Å². The van der Waals surface area contributed by atoms with Crippen molar-refractivity contribution < 1.29 is 6.22 Å². The molecule has 1 heterocycles. The molecule has 0 saturated carbocycles. The number of hydrogen-bond donors (Lipinski definition) is 1. The van der Waals surface area contributed by atoms with E-state index in [0.717, 1.165) is 19.4 Å². The van der Waals surface area contributed by atoms with Gasteiger partial charge in [-0.1, -0.05) is 0 Å². The zero-order valence-electron chi connectivity index (χ0n) is 6.55. The molecule has 3 nitrogen and oxygen atoms in total. The molecule has 1 N–H and O–H groups in total. The van der Waals surface area contributed by atoms with Crippen molar-refractivity contribution in [3.8, 4) is 0 Å². The summed E-state index contributed by atoms with van der Waals surface area (Å²) in [6, 6.07) is 0.428. The average Bonchev–Trinajstić information content (AvgIpc) is 2.20. The first kappa shape index (κ1) is 7.54. The fourth-order valence-corrected chi connectivity index (χ4v) is 1.34. The number of amides is 1. The maximum atomic E-state index is 11.0. The van der Waals surface area contributed by atoms with Crippen LogP contribution in [0.2, 0.25) is 0 Å². The molecule has 1 saturated heterocycles. The summed E-state index contributed by atoms with van der Waals surface area (Å²) in [4.78, 5) is 12.8. The van der Waals surface area contributed by atoms with Gasteiger partial charge in [0.1, 0.15) is 0 Å². The molecule has 1 aliphatic rings. The quantitative estimate of drug-likeness (QED) is 0.595. The summed E-state index contributed by atoms with van der Waals surface area (Å²) in [5.74, 6) is 0.278. The Bertz CT molecular complexity index is 140. The van der Waals surface area contributed by atoms with Gasteiger partial charge in [-0.3, -0.25) is 4.79 Å². The molecule has 1 atom stereocenters. The van der Waals surface area contributed by atoms with Crippen LogP contribution in [0.5, 0.6) is 0 Å². The van der Waals surface area contributed by atoms with Crippen LogP contribution >= 0.6 is 0 Å². The van der Waals surface area contributed by atoms with Gasteiger partial charge in [0, 0.05) is 27.5 Å². The Balaban J connectivity index is 0.000001000. The maximum Gasteiger partial charge on any atom is 0.222 e. The highest BCUT2D eigenvalue weighted by atomic mass is 16.2. The van der Waals surface area contributed by atoms with Gasteiger partial charge in [0.05, 0.1) is 0 Å². The standard InChI is InChI=1S/C7H14N2O.H2/c1-8-5-6-3-4-7(10)9(6)2;/h6,8H,3-5H2,1-2H3;1H/t6-;/m1./s1. The highest BCUT2D eigenvalue weighted by Gasteiger charge is 2.26. The van der Waals surface area contributed by atoms with Gasteiger partial charge < -0.3 is 10.2 Å². The predicted molar refractivity (Wildman–Crippen MR) is 41.8 cm³/mol. The van der Waals surface area contributed by atoms with Gasteiger partial charge in [-0.05, 0) is 13.5 Å². The summed E-state index contributed by atoms with van der Waals surface area (Å²) in [6.07, 6.45) is 1.74. The molecule has 1 fully saturated rings. The third-order valence-corrected chi connectivity index (χ3v) is 2.07. The van der Waals surface area contributed by atoms with Crippen molar-refractivity contribution in [3.05, 3.63) is 0 Å². The lowest BCUT2D eigenvalue weighted by molar-refractivity contribution is -0.127. The smallest absolute Gasteiger partial charge is 0.222 e. The Morgan fingerprint density at radius 3 is 3.00 bits per heavy atom. The Hall–Kier alpha value is -0.570. The second kappa shape index (κ2) is 3.01. The summed E-state index contributed by atoms with van der Waals surface area (Å²) >= 11 is 0. The Morgan fingerprint density at radius 2 is 2.60 bits per heavy atom. The van der Waals surface area contributed by atoms with Crippen molar-refractivity contribution in [2.45, 2.75) is 18.9 Å². The molecule has 0 bridgehead atoms. The van der Waals surface area contributed by atoms with Crippen LogP contribution in [0.25, 0.3) is 0 Å². The van der Waals surface area contributed by atoms with Crippen LogP contribution in [0.1, 0.15) is 14.3 Å². The molecule has 1 aliphatic heterocycles. The number of rotatable bonds is 2. The number of nitrogens with zero attached hydrogens (tertiary/aromatic N) is 1. The molecule has 0 spiro atoms. The van der Waals surface area contributed by atoms with Crippen LogP contribution in [-0.2, 0) is 4.79 Å². The van der Waals surface area contributed by atoms with E-state index in [9.17, 15) is 4.79 Å². The topological polar surface area (TPSA) is 32.3 Å². The number of likely N-dealkylation sites (N-methyl/N-ethyl adjacent to an activating group) is 2. The van der Waals surface area contributed by atoms with Crippen LogP contribution in [0.4, 0.5) is 0 Å². The van der Waals surface area contributed by atoms with Crippen molar-refractivity contribution >= 4 is 5.91 Å². The molecule has 0 aromatic rings. The lowest BCUT2D eigenvalue weighted by Gasteiger charge is -2.18. The molecule has 0 radical (unpaired) electrons. The summed E-state index contributed by atoms with van der Waals surface area (Å²) in [5, 5.41) is 3.07. The zero-order chi connectivity index (χ0) is 7.56. The van der Waals surface area contributed by atoms with E-state index in [-0.39, 0.29) is 7.33 Å². The first-order valence-corrected chi connectivity index (χ1v) is 3.66. The van der Waals surface area contributed by atoms with Gasteiger partial charge in [-0.15, -0.1) is 0 Å². The fourth-order valence-electron chi connectivity index (χ4n) is 1.34. The van der Waals surface area contributed by atoms with Crippen LogP contribution in [-0.4, -0.2) is 37.5 Å².